The van der Waals surface area contributed by atoms with Crippen molar-refractivity contribution in [1.29, 1.82) is 0 Å². The number of carbonyl (C=O) groups excluding carboxylic acids is 2. The molecule has 0 fully saturated rings. The van der Waals surface area contributed by atoms with Crippen LogP contribution in [-0.2, 0) is 20.7 Å². The lowest BCUT2D eigenvalue weighted by molar-refractivity contribution is -0.140. The number of hydrogen-bond acceptors (Lipinski definition) is 8. The Labute approximate surface area is 179 Å². The summed E-state index contributed by atoms with van der Waals surface area (Å²) in [7, 11) is 3.22. The predicted molar refractivity (Wildman–Crippen MR) is 117 cm³/mol. The Bertz CT molecular complexity index is 969. The summed E-state index contributed by atoms with van der Waals surface area (Å²) in [6, 6.07) is 15.7. The van der Waals surface area contributed by atoms with E-state index in [1.807, 2.05) is 60.5 Å². The first-order chi connectivity index (χ1) is 14.5. The Morgan fingerprint density at radius 3 is 2.57 bits per heavy atom. The SMILES string of the molecule is COC(=O)C(Cc1ccc(OCCN(C)c2nc3ccccc3o2)cc1)SC(C)=O. The highest BCUT2D eigenvalue weighted by Crippen LogP contribution is 2.22. The van der Waals surface area contributed by atoms with Gasteiger partial charge >= 0.3 is 5.97 Å². The van der Waals surface area contributed by atoms with Gasteiger partial charge in [-0.25, -0.2) is 0 Å². The first-order valence-corrected chi connectivity index (χ1v) is 10.4. The Morgan fingerprint density at radius 1 is 1.17 bits per heavy atom. The summed E-state index contributed by atoms with van der Waals surface area (Å²) in [6.45, 7) is 2.50. The molecule has 8 heteroatoms. The van der Waals surface area contributed by atoms with Crippen molar-refractivity contribution in [3.63, 3.8) is 0 Å². The summed E-state index contributed by atoms with van der Waals surface area (Å²) in [5.74, 6) is 0.316. The largest absolute Gasteiger partial charge is 0.492 e. The van der Waals surface area contributed by atoms with Gasteiger partial charge in [0.2, 0.25) is 0 Å². The lowest BCUT2D eigenvalue weighted by atomic mass is 10.1. The standard InChI is InChI=1S/C22H24N2O5S/c1-15(25)30-20(21(26)27-3)14-16-8-10-17(11-9-16)28-13-12-24(2)22-23-18-6-4-5-7-19(18)29-22/h4-11,20H,12-14H2,1-3H3. The number of nitrogens with zero attached hydrogens (tertiary/aromatic N) is 2. The quantitative estimate of drug-likeness (QED) is 0.477. The van der Waals surface area contributed by atoms with Crippen LogP contribution in [0, 0.1) is 0 Å². The molecule has 1 unspecified atom stereocenters. The van der Waals surface area contributed by atoms with Crippen LogP contribution in [0.2, 0.25) is 0 Å². The molecular formula is C22H24N2O5S. The molecule has 0 N–H and O–H groups in total. The summed E-state index contributed by atoms with van der Waals surface area (Å²) in [4.78, 5) is 29.6. The fourth-order valence-corrected chi connectivity index (χ4v) is 3.73. The number of benzene rings is 2. The first kappa shape index (κ1) is 21.7. The van der Waals surface area contributed by atoms with Gasteiger partial charge in [-0.2, -0.15) is 4.98 Å². The number of fused-ring (bicyclic) bond motifs is 1. The van der Waals surface area contributed by atoms with E-state index in [1.165, 1.54) is 14.0 Å². The van der Waals surface area contributed by atoms with Gasteiger partial charge in [0.15, 0.2) is 10.7 Å². The summed E-state index contributed by atoms with van der Waals surface area (Å²) in [5, 5.41) is -0.669. The van der Waals surface area contributed by atoms with Crippen molar-refractivity contribution in [2.45, 2.75) is 18.6 Å². The van der Waals surface area contributed by atoms with Crippen molar-refractivity contribution < 1.29 is 23.5 Å². The summed E-state index contributed by atoms with van der Waals surface area (Å²) in [5.41, 5.74) is 2.50. The van der Waals surface area contributed by atoms with Crippen molar-refractivity contribution in [2.24, 2.45) is 0 Å². The number of thioether (sulfide) groups is 1. The van der Waals surface area contributed by atoms with E-state index in [1.54, 1.807) is 0 Å². The van der Waals surface area contributed by atoms with Gasteiger partial charge in [0.05, 0.1) is 13.7 Å². The van der Waals surface area contributed by atoms with Crippen LogP contribution in [0.25, 0.3) is 11.1 Å². The fourth-order valence-electron chi connectivity index (χ4n) is 2.86. The zero-order valence-corrected chi connectivity index (χ0v) is 18.0. The number of oxazole rings is 1. The molecule has 0 spiro atoms. The number of aromatic nitrogens is 1. The molecule has 3 aromatic rings. The van der Waals surface area contributed by atoms with Crippen LogP contribution in [0.3, 0.4) is 0 Å². The topological polar surface area (TPSA) is 81.9 Å². The van der Waals surface area contributed by atoms with Crippen LogP contribution < -0.4 is 9.64 Å². The van der Waals surface area contributed by atoms with Gasteiger partial charge in [-0.15, -0.1) is 0 Å². The number of rotatable bonds is 9. The van der Waals surface area contributed by atoms with E-state index in [2.05, 4.69) is 4.98 Å². The number of carbonyl (C=O) groups is 2. The second-order valence-electron chi connectivity index (χ2n) is 6.70. The minimum absolute atomic E-state index is 0.117. The molecule has 0 aliphatic rings. The number of methoxy groups -OCH3 is 1. The third kappa shape index (κ3) is 5.76. The van der Waals surface area contributed by atoms with E-state index in [0.717, 1.165) is 34.2 Å². The molecule has 0 radical (unpaired) electrons. The highest BCUT2D eigenvalue weighted by atomic mass is 32.2. The lowest BCUT2D eigenvalue weighted by Gasteiger charge is -2.15. The van der Waals surface area contributed by atoms with Crippen LogP contribution in [0.5, 0.6) is 5.75 Å². The van der Waals surface area contributed by atoms with Gasteiger partial charge in [0, 0.05) is 14.0 Å². The monoisotopic (exact) mass is 428 g/mol. The van der Waals surface area contributed by atoms with Gasteiger partial charge in [0.1, 0.15) is 23.1 Å². The lowest BCUT2D eigenvalue weighted by Crippen LogP contribution is -2.24. The Hall–Kier alpha value is -3.00. The van der Waals surface area contributed by atoms with Crippen molar-refractivity contribution in [3.05, 3.63) is 54.1 Å². The highest BCUT2D eigenvalue weighted by molar-refractivity contribution is 8.14. The van der Waals surface area contributed by atoms with E-state index in [0.29, 0.717) is 25.6 Å². The number of anilines is 1. The van der Waals surface area contributed by atoms with Crippen LogP contribution in [-0.4, -0.2) is 48.6 Å². The molecular weight excluding hydrogens is 404 g/mol. The minimum atomic E-state index is -0.552. The van der Waals surface area contributed by atoms with E-state index >= 15 is 0 Å². The zero-order chi connectivity index (χ0) is 21.5. The molecule has 158 valence electrons. The molecule has 0 aliphatic heterocycles. The Balaban J connectivity index is 1.51. The molecule has 2 aromatic carbocycles. The fraction of sp³-hybridized carbons (Fsp3) is 0.318. The number of esters is 1. The number of hydrogen-bond donors (Lipinski definition) is 0. The summed E-state index contributed by atoms with van der Waals surface area (Å²) >= 11 is 0.983. The number of likely N-dealkylation sites (N-methyl/N-ethyl adjacent to an activating group) is 1. The predicted octanol–water partition coefficient (Wildman–Crippen LogP) is 3.71. The maximum absolute atomic E-state index is 11.9. The van der Waals surface area contributed by atoms with E-state index in [-0.39, 0.29) is 5.12 Å². The highest BCUT2D eigenvalue weighted by Gasteiger charge is 2.22. The van der Waals surface area contributed by atoms with Crippen LogP contribution >= 0.6 is 11.8 Å². The maximum atomic E-state index is 11.9. The van der Waals surface area contributed by atoms with E-state index in [9.17, 15) is 9.59 Å². The summed E-state index contributed by atoms with van der Waals surface area (Å²) in [6.07, 6.45) is 0.414. The van der Waals surface area contributed by atoms with Gasteiger partial charge in [0.25, 0.3) is 6.01 Å². The molecule has 0 saturated heterocycles. The van der Waals surface area contributed by atoms with Gasteiger partial charge in [-0.05, 0) is 36.2 Å². The molecule has 0 amide bonds. The zero-order valence-electron chi connectivity index (χ0n) is 17.2. The smallest absolute Gasteiger partial charge is 0.319 e. The van der Waals surface area contributed by atoms with Crippen molar-refractivity contribution in [2.75, 3.05) is 32.2 Å². The molecule has 1 atom stereocenters. The molecule has 1 heterocycles. The Morgan fingerprint density at radius 2 is 1.90 bits per heavy atom. The molecule has 0 saturated carbocycles. The van der Waals surface area contributed by atoms with Gasteiger partial charge in [-0.1, -0.05) is 36.0 Å². The van der Waals surface area contributed by atoms with Crippen LogP contribution in [0.15, 0.2) is 52.9 Å². The second-order valence-corrected chi connectivity index (χ2v) is 8.08. The van der Waals surface area contributed by atoms with Crippen LogP contribution in [0.4, 0.5) is 6.01 Å². The molecule has 1 aromatic heterocycles. The molecule has 3 rings (SSSR count). The third-order valence-corrected chi connectivity index (χ3v) is 5.40. The third-order valence-electron chi connectivity index (χ3n) is 4.42. The van der Waals surface area contributed by atoms with E-state index < -0.39 is 11.2 Å². The molecule has 30 heavy (non-hydrogen) atoms. The minimum Gasteiger partial charge on any atom is -0.492 e. The van der Waals surface area contributed by atoms with Crippen LogP contribution in [0.1, 0.15) is 12.5 Å². The summed E-state index contributed by atoms with van der Waals surface area (Å²) < 4.78 is 16.3. The average molecular weight is 429 g/mol. The first-order valence-electron chi connectivity index (χ1n) is 9.49. The molecule has 0 bridgehead atoms. The second kappa shape index (κ2) is 10.2. The normalized spacial score (nSPS) is 11.8. The Kier molecular flexibility index (Phi) is 7.35. The van der Waals surface area contributed by atoms with Gasteiger partial charge in [-0.3, -0.25) is 9.59 Å². The van der Waals surface area contributed by atoms with E-state index in [4.69, 9.17) is 13.9 Å². The van der Waals surface area contributed by atoms with Crippen molar-refractivity contribution in [3.8, 4) is 5.75 Å². The van der Waals surface area contributed by atoms with Crippen molar-refractivity contribution >= 4 is 40.0 Å². The number of para-hydroxylation sites is 2. The van der Waals surface area contributed by atoms with Gasteiger partial charge < -0.3 is 18.8 Å². The maximum Gasteiger partial charge on any atom is 0.319 e. The van der Waals surface area contributed by atoms with Crippen molar-refractivity contribution in [1.82, 2.24) is 4.98 Å². The number of ether oxygens (including phenoxy) is 2. The molecule has 0 aliphatic carbocycles. The molecule has 7 nitrogen and oxygen atoms in total. The average Bonchev–Trinajstić information content (AvgIpc) is 3.18.